The molecule has 0 N–H and O–H groups in total. The topological polar surface area (TPSA) is 64.4 Å². The number of fused-ring (bicyclic) bond motifs is 1. The van der Waals surface area contributed by atoms with Crippen molar-refractivity contribution in [2.45, 2.75) is 39.7 Å². The number of aryl methyl sites for hydroxylation is 1. The molecule has 0 spiro atoms. The quantitative estimate of drug-likeness (QED) is 0.338. The van der Waals surface area contributed by atoms with Crippen LogP contribution in [0.2, 0.25) is 0 Å². The number of benzene rings is 3. The fourth-order valence-corrected chi connectivity index (χ4v) is 4.38. The summed E-state index contributed by atoms with van der Waals surface area (Å²) in [5.41, 5.74) is 2.79. The average molecular weight is 470 g/mol. The van der Waals surface area contributed by atoms with E-state index >= 15 is 0 Å². The lowest BCUT2D eigenvalue weighted by Gasteiger charge is -2.30. The Morgan fingerprint density at radius 1 is 1.00 bits per heavy atom. The minimum atomic E-state index is -0.462. The van der Waals surface area contributed by atoms with Gasteiger partial charge in [-0.25, -0.2) is 4.98 Å². The van der Waals surface area contributed by atoms with E-state index in [0.29, 0.717) is 40.3 Å². The van der Waals surface area contributed by atoms with Gasteiger partial charge in [-0.15, -0.1) is 0 Å². The van der Waals surface area contributed by atoms with E-state index in [-0.39, 0.29) is 11.5 Å². The Bertz CT molecular complexity index is 1390. The van der Waals surface area contributed by atoms with Gasteiger partial charge in [0, 0.05) is 12.1 Å². The van der Waals surface area contributed by atoms with Crippen LogP contribution < -0.4 is 10.3 Å². The predicted molar refractivity (Wildman–Crippen MR) is 139 cm³/mol. The summed E-state index contributed by atoms with van der Waals surface area (Å²) in [5, 5.41) is 0.512. The van der Waals surface area contributed by atoms with Gasteiger partial charge in [0.1, 0.15) is 11.6 Å². The number of para-hydroxylation sites is 3. The zero-order chi connectivity index (χ0) is 24.9. The maximum atomic E-state index is 13.8. The van der Waals surface area contributed by atoms with Crippen LogP contribution in [0.5, 0.6) is 5.75 Å². The first-order chi connectivity index (χ1) is 17.0. The number of carbonyl (C=O) groups is 1. The highest BCUT2D eigenvalue weighted by molar-refractivity contribution is 5.94. The molecule has 1 atom stereocenters. The summed E-state index contributed by atoms with van der Waals surface area (Å²) in [7, 11) is 1.58. The van der Waals surface area contributed by atoms with Crippen LogP contribution >= 0.6 is 0 Å². The van der Waals surface area contributed by atoms with Crippen LogP contribution in [0, 0.1) is 0 Å². The first-order valence-electron chi connectivity index (χ1n) is 12.0. The summed E-state index contributed by atoms with van der Waals surface area (Å²) in [5.74, 6) is 0.963. The van der Waals surface area contributed by atoms with Crippen LogP contribution in [-0.2, 0) is 6.42 Å². The van der Waals surface area contributed by atoms with Crippen molar-refractivity contribution in [2.75, 3.05) is 13.7 Å². The predicted octanol–water partition coefficient (Wildman–Crippen LogP) is 5.57. The number of rotatable bonds is 8. The largest absolute Gasteiger partial charge is 0.495 e. The molecule has 0 saturated heterocycles. The number of ether oxygens (including phenoxy) is 1. The molecule has 0 saturated carbocycles. The molecule has 6 heteroatoms. The lowest BCUT2D eigenvalue weighted by molar-refractivity contribution is 0.0681. The van der Waals surface area contributed by atoms with E-state index in [2.05, 4.69) is 6.92 Å². The van der Waals surface area contributed by atoms with Gasteiger partial charge in [0.05, 0.1) is 29.7 Å². The zero-order valence-corrected chi connectivity index (χ0v) is 20.7. The molecule has 180 valence electrons. The van der Waals surface area contributed by atoms with E-state index in [4.69, 9.17) is 9.72 Å². The van der Waals surface area contributed by atoms with Gasteiger partial charge >= 0.3 is 0 Å². The molecule has 1 heterocycles. The van der Waals surface area contributed by atoms with E-state index < -0.39 is 6.04 Å². The fraction of sp³-hybridized carbons (Fsp3) is 0.276. The molecule has 1 aromatic heterocycles. The molecule has 0 aliphatic carbocycles. The summed E-state index contributed by atoms with van der Waals surface area (Å²) in [6, 6.07) is 21.9. The van der Waals surface area contributed by atoms with Crippen LogP contribution in [0.25, 0.3) is 16.6 Å². The Labute approximate surface area is 205 Å². The van der Waals surface area contributed by atoms with Crippen molar-refractivity contribution < 1.29 is 9.53 Å². The molecule has 0 fully saturated rings. The maximum absolute atomic E-state index is 13.8. The van der Waals surface area contributed by atoms with Gasteiger partial charge in [-0.05, 0) is 61.7 Å². The van der Waals surface area contributed by atoms with Crippen LogP contribution in [0.4, 0.5) is 0 Å². The van der Waals surface area contributed by atoms with Gasteiger partial charge < -0.3 is 9.64 Å². The molecule has 3 aromatic carbocycles. The number of hydrogen-bond donors (Lipinski definition) is 0. The van der Waals surface area contributed by atoms with E-state index in [9.17, 15) is 9.59 Å². The fourth-order valence-electron chi connectivity index (χ4n) is 4.38. The Morgan fingerprint density at radius 2 is 1.69 bits per heavy atom. The molecule has 0 aliphatic rings. The van der Waals surface area contributed by atoms with Crippen molar-refractivity contribution in [3.63, 3.8) is 0 Å². The lowest BCUT2D eigenvalue weighted by Crippen LogP contribution is -2.38. The van der Waals surface area contributed by atoms with Crippen LogP contribution in [0.15, 0.2) is 77.6 Å². The molecule has 4 aromatic rings. The van der Waals surface area contributed by atoms with E-state index in [1.165, 1.54) is 5.56 Å². The minimum absolute atomic E-state index is 0.0870. The Kier molecular flexibility index (Phi) is 7.30. The van der Waals surface area contributed by atoms with E-state index in [1.54, 1.807) is 22.6 Å². The standard InChI is InChI=1S/C29H31N3O3/c1-5-19-31(28(33)22-17-15-21(6-2)16-18-22)20(3)27-30-24-12-8-7-11-23(24)29(34)32(27)25-13-9-10-14-26(25)35-4/h7-18,20H,5-6,19H2,1-4H3. The molecule has 1 unspecified atom stereocenters. The van der Waals surface area contributed by atoms with Crippen molar-refractivity contribution in [1.82, 2.24) is 14.5 Å². The van der Waals surface area contributed by atoms with E-state index in [1.807, 2.05) is 80.6 Å². The van der Waals surface area contributed by atoms with Crippen LogP contribution in [0.1, 0.15) is 55.0 Å². The highest BCUT2D eigenvalue weighted by Crippen LogP contribution is 2.28. The first kappa shape index (κ1) is 24.2. The van der Waals surface area contributed by atoms with Crippen LogP contribution in [0.3, 0.4) is 0 Å². The number of methoxy groups -OCH3 is 1. The third-order valence-corrected chi connectivity index (χ3v) is 6.30. The van der Waals surface area contributed by atoms with Gasteiger partial charge in [0.2, 0.25) is 0 Å². The third kappa shape index (κ3) is 4.69. The number of aromatic nitrogens is 2. The van der Waals surface area contributed by atoms with Gasteiger partial charge in [0.15, 0.2) is 0 Å². The maximum Gasteiger partial charge on any atom is 0.266 e. The zero-order valence-electron chi connectivity index (χ0n) is 20.7. The van der Waals surface area contributed by atoms with Crippen LogP contribution in [-0.4, -0.2) is 34.0 Å². The van der Waals surface area contributed by atoms with Gasteiger partial charge in [-0.1, -0.05) is 50.2 Å². The van der Waals surface area contributed by atoms with Crippen molar-refractivity contribution in [3.05, 3.63) is 100 Å². The molecular weight excluding hydrogens is 438 g/mol. The molecule has 1 amide bonds. The van der Waals surface area contributed by atoms with Crippen molar-refractivity contribution in [1.29, 1.82) is 0 Å². The van der Waals surface area contributed by atoms with Crippen molar-refractivity contribution in [3.8, 4) is 11.4 Å². The highest BCUT2D eigenvalue weighted by Gasteiger charge is 2.28. The Hall–Kier alpha value is -3.93. The van der Waals surface area contributed by atoms with Crippen molar-refractivity contribution >= 4 is 16.8 Å². The SMILES string of the molecule is CCCN(C(=O)c1ccc(CC)cc1)C(C)c1nc2ccccc2c(=O)n1-c1ccccc1OC. The molecule has 4 rings (SSSR count). The summed E-state index contributed by atoms with van der Waals surface area (Å²) in [4.78, 5) is 34.1. The molecular formula is C29H31N3O3. The molecule has 35 heavy (non-hydrogen) atoms. The minimum Gasteiger partial charge on any atom is -0.495 e. The molecule has 0 radical (unpaired) electrons. The monoisotopic (exact) mass is 469 g/mol. The molecule has 6 nitrogen and oxygen atoms in total. The summed E-state index contributed by atoms with van der Waals surface area (Å²) >= 11 is 0. The second kappa shape index (κ2) is 10.6. The normalized spacial score (nSPS) is 11.9. The first-order valence-corrected chi connectivity index (χ1v) is 12.0. The van der Waals surface area contributed by atoms with Gasteiger partial charge in [-0.3, -0.25) is 14.2 Å². The highest BCUT2D eigenvalue weighted by atomic mass is 16.5. The molecule has 0 bridgehead atoms. The smallest absolute Gasteiger partial charge is 0.266 e. The summed E-state index contributed by atoms with van der Waals surface area (Å²) < 4.78 is 7.17. The van der Waals surface area contributed by atoms with Crippen molar-refractivity contribution in [2.24, 2.45) is 0 Å². The Morgan fingerprint density at radius 3 is 2.37 bits per heavy atom. The number of hydrogen-bond acceptors (Lipinski definition) is 4. The van der Waals surface area contributed by atoms with Gasteiger partial charge in [-0.2, -0.15) is 0 Å². The average Bonchev–Trinajstić information content (AvgIpc) is 2.91. The Balaban J connectivity index is 1.90. The van der Waals surface area contributed by atoms with Gasteiger partial charge in [0.25, 0.3) is 11.5 Å². The lowest BCUT2D eigenvalue weighted by atomic mass is 10.1. The third-order valence-electron chi connectivity index (χ3n) is 6.30. The number of carbonyl (C=O) groups excluding carboxylic acids is 1. The number of nitrogens with zero attached hydrogens (tertiary/aromatic N) is 3. The second-order valence-electron chi connectivity index (χ2n) is 8.52. The van der Waals surface area contributed by atoms with E-state index in [0.717, 1.165) is 12.8 Å². The summed E-state index contributed by atoms with van der Waals surface area (Å²) in [6.45, 7) is 6.58. The molecule has 0 aliphatic heterocycles. The number of amides is 1. The second-order valence-corrected chi connectivity index (χ2v) is 8.52. The summed E-state index contributed by atoms with van der Waals surface area (Å²) in [6.07, 6.45) is 1.69.